The molecule has 1 amide bonds. The first-order valence-electron chi connectivity index (χ1n) is 6.20. The number of carbonyl (C=O) groups is 1. The van der Waals surface area contributed by atoms with Crippen molar-refractivity contribution in [1.82, 2.24) is 10.2 Å². The van der Waals surface area contributed by atoms with Gasteiger partial charge >= 0.3 is 0 Å². The van der Waals surface area contributed by atoms with Crippen LogP contribution in [-0.4, -0.2) is 38.0 Å². The molecule has 4 nitrogen and oxygen atoms in total. The fraction of sp³-hybridized carbons (Fsp3) is 0.500. The van der Waals surface area contributed by atoms with Gasteiger partial charge in [-0.15, -0.1) is 0 Å². The zero-order chi connectivity index (χ0) is 14.6. The topological polar surface area (TPSA) is 58.4 Å². The highest BCUT2D eigenvalue weighted by molar-refractivity contribution is 5.99. The van der Waals surface area contributed by atoms with E-state index in [4.69, 9.17) is 5.73 Å². The average Bonchev–Trinajstić information content (AvgIpc) is 2.28. The summed E-state index contributed by atoms with van der Waals surface area (Å²) in [5.41, 5.74) is 5.57. The highest BCUT2D eigenvalue weighted by atomic mass is 19.1. The maximum Gasteiger partial charge on any atom is 0.253 e. The van der Waals surface area contributed by atoms with Gasteiger partial charge in [-0.25, -0.2) is 4.39 Å². The van der Waals surface area contributed by atoms with Gasteiger partial charge in [-0.2, -0.15) is 0 Å². The van der Waals surface area contributed by atoms with E-state index < -0.39 is 5.82 Å². The summed E-state index contributed by atoms with van der Waals surface area (Å²) in [7, 11) is 3.96. The van der Waals surface area contributed by atoms with Crippen LogP contribution in [-0.2, 0) is 0 Å². The molecule has 0 fully saturated rings. The van der Waals surface area contributed by atoms with Crippen LogP contribution in [0.5, 0.6) is 0 Å². The van der Waals surface area contributed by atoms with Crippen molar-refractivity contribution in [1.29, 1.82) is 0 Å². The number of rotatable bonds is 5. The summed E-state index contributed by atoms with van der Waals surface area (Å²) in [6.45, 7) is 5.45. The molecule has 0 aliphatic heterocycles. The maximum absolute atomic E-state index is 13.3. The first-order valence-corrected chi connectivity index (χ1v) is 6.20. The summed E-state index contributed by atoms with van der Waals surface area (Å²) < 4.78 is 13.3. The van der Waals surface area contributed by atoms with Gasteiger partial charge in [-0.3, -0.25) is 4.79 Å². The molecule has 0 heterocycles. The summed E-state index contributed by atoms with van der Waals surface area (Å²) >= 11 is 0. The van der Waals surface area contributed by atoms with Gasteiger partial charge in [0.05, 0.1) is 11.3 Å². The molecule has 106 valence electrons. The fourth-order valence-electron chi connectivity index (χ4n) is 2.06. The second-order valence-corrected chi connectivity index (χ2v) is 5.79. The molecule has 1 rings (SSSR count). The van der Waals surface area contributed by atoms with Crippen molar-refractivity contribution in [3.63, 3.8) is 0 Å². The minimum absolute atomic E-state index is 0.0682. The van der Waals surface area contributed by atoms with Gasteiger partial charge in [0.1, 0.15) is 5.82 Å². The number of halogens is 1. The Kier molecular flexibility index (Phi) is 4.89. The Morgan fingerprint density at radius 3 is 2.63 bits per heavy atom. The Bertz CT molecular complexity index is 458. The number of carbonyl (C=O) groups excluding carboxylic acids is 1. The highest BCUT2D eigenvalue weighted by Gasteiger charge is 2.21. The average molecular weight is 267 g/mol. The van der Waals surface area contributed by atoms with Crippen LogP contribution in [0, 0.1) is 11.2 Å². The van der Waals surface area contributed by atoms with Gasteiger partial charge in [0.2, 0.25) is 0 Å². The van der Waals surface area contributed by atoms with Crippen LogP contribution in [0.15, 0.2) is 18.2 Å². The van der Waals surface area contributed by atoms with Crippen LogP contribution < -0.4 is 11.1 Å². The van der Waals surface area contributed by atoms with E-state index >= 15 is 0 Å². The van der Waals surface area contributed by atoms with E-state index in [1.54, 1.807) is 0 Å². The number of para-hydroxylation sites is 1. The van der Waals surface area contributed by atoms with Gasteiger partial charge in [0.25, 0.3) is 5.91 Å². The lowest BCUT2D eigenvalue weighted by Crippen LogP contribution is -2.40. The number of nitrogen functional groups attached to an aromatic ring is 1. The number of hydrogen-bond acceptors (Lipinski definition) is 3. The highest BCUT2D eigenvalue weighted by Crippen LogP contribution is 2.17. The molecular formula is C14H22FN3O. The zero-order valence-corrected chi connectivity index (χ0v) is 12.0. The Labute approximate surface area is 113 Å². The normalized spacial score (nSPS) is 11.7. The Balaban J connectivity index is 2.68. The minimum atomic E-state index is -0.569. The zero-order valence-electron chi connectivity index (χ0n) is 12.0. The van der Waals surface area contributed by atoms with Crippen molar-refractivity contribution < 1.29 is 9.18 Å². The van der Waals surface area contributed by atoms with Crippen LogP contribution in [0.4, 0.5) is 10.1 Å². The molecule has 3 N–H and O–H groups in total. The molecule has 0 saturated heterocycles. The Morgan fingerprint density at radius 2 is 2.05 bits per heavy atom. The summed E-state index contributed by atoms with van der Waals surface area (Å²) in [6.07, 6.45) is 0. The number of nitrogens with one attached hydrogen (secondary N) is 1. The van der Waals surface area contributed by atoms with Crippen molar-refractivity contribution in [3.05, 3.63) is 29.6 Å². The third-order valence-electron chi connectivity index (χ3n) is 2.77. The molecule has 0 spiro atoms. The number of hydrogen-bond donors (Lipinski definition) is 2. The van der Waals surface area contributed by atoms with Gasteiger partial charge in [-0.05, 0) is 31.6 Å². The second kappa shape index (κ2) is 6.02. The monoisotopic (exact) mass is 267 g/mol. The van der Waals surface area contributed by atoms with Crippen LogP contribution >= 0.6 is 0 Å². The molecular weight excluding hydrogens is 245 g/mol. The van der Waals surface area contributed by atoms with E-state index in [0.29, 0.717) is 6.54 Å². The molecule has 0 unspecified atom stereocenters. The molecule has 0 aliphatic carbocycles. The van der Waals surface area contributed by atoms with Crippen molar-refractivity contribution in [2.45, 2.75) is 13.8 Å². The Hall–Kier alpha value is -1.62. The van der Waals surface area contributed by atoms with Crippen molar-refractivity contribution in [2.24, 2.45) is 5.41 Å². The molecule has 19 heavy (non-hydrogen) atoms. The number of nitrogens with two attached hydrogens (primary N) is 1. The van der Waals surface area contributed by atoms with Crippen molar-refractivity contribution in [2.75, 3.05) is 32.9 Å². The molecule has 5 heteroatoms. The summed E-state index contributed by atoms with van der Waals surface area (Å²) in [6, 6.07) is 4.24. The molecule has 0 aromatic heterocycles. The lowest BCUT2D eigenvalue weighted by atomic mass is 9.93. The SMILES string of the molecule is CN(C)CC(C)(C)CNC(=O)c1cccc(F)c1N. The molecule has 0 aliphatic rings. The standard InChI is InChI=1S/C14H22FN3O/c1-14(2,9-18(3)4)8-17-13(19)10-6-5-7-11(15)12(10)16/h5-7H,8-9,16H2,1-4H3,(H,17,19). The van der Waals surface area contributed by atoms with E-state index in [2.05, 4.69) is 24.1 Å². The summed E-state index contributed by atoms with van der Waals surface area (Å²) in [4.78, 5) is 14.0. The van der Waals surface area contributed by atoms with Crippen LogP contribution in [0.3, 0.4) is 0 Å². The smallest absolute Gasteiger partial charge is 0.253 e. The third-order valence-corrected chi connectivity index (χ3v) is 2.77. The van der Waals surface area contributed by atoms with Crippen molar-refractivity contribution >= 4 is 11.6 Å². The number of benzene rings is 1. The second-order valence-electron chi connectivity index (χ2n) is 5.79. The van der Waals surface area contributed by atoms with E-state index in [0.717, 1.165) is 6.54 Å². The Morgan fingerprint density at radius 1 is 1.42 bits per heavy atom. The molecule has 0 radical (unpaired) electrons. The van der Waals surface area contributed by atoms with E-state index in [1.807, 2.05) is 14.1 Å². The van der Waals surface area contributed by atoms with Gasteiger partial charge in [0.15, 0.2) is 0 Å². The first-order chi connectivity index (χ1) is 8.73. The molecule has 0 bridgehead atoms. The van der Waals surface area contributed by atoms with Gasteiger partial charge in [-0.1, -0.05) is 19.9 Å². The van der Waals surface area contributed by atoms with E-state index in [1.165, 1.54) is 18.2 Å². The van der Waals surface area contributed by atoms with Crippen molar-refractivity contribution in [3.8, 4) is 0 Å². The molecule has 0 atom stereocenters. The number of anilines is 1. The first kappa shape index (κ1) is 15.4. The van der Waals surface area contributed by atoms with E-state index in [-0.39, 0.29) is 22.6 Å². The predicted molar refractivity (Wildman–Crippen MR) is 75.5 cm³/mol. The van der Waals surface area contributed by atoms with Crippen LogP contribution in [0.25, 0.3) is 0 Å². The predicted octanol–water partition coefficient (Wildman–Crippen LogP) is 1.73. The fourth-order valence-corrected chi connectivity index (χ4v) is 2.06. The maximum atomic E-state index is 13.3. The van der Waals surface area contributed by atoms with Gasteiger partial charge < -0.3 is 16.0 Å². The van der Waals surface area contributed by atoms with E-state index in [9.17, 15) is 9.18 Å². The summed E-state index contributed by atoms with van der Waals surface area (Å²) in [5.74, 6) is -0.913. The number of amides is 1. The minimum Gasteiger partial charge on any atom is -0.396 e. The third kappa shape index (κ3) is 4.52. The number of nitrogens with zero attached hydrogens (tertiary/aromatic N) is 1. The largest absolute Gasteiger partial charge is 0.396 e. The van der Waals surface area contributed by atoms with Crippen LogP contribution in [0.1, 0.15) is 24.2 Å². The lowest BCUT2D eigenvalue weighted by molar-refractivity contribution is 0.0929. The summed E-state index contributed by atoms with van der Waals surface area (Å²) in [5, 5.41) is 2.80. The lowest BCUT2D eigenvalue weighted by Gasteiger charge is -2.28. The molecule has 1 aromatic carbocycles. The quantitative estimate of drug-likeness (QED) is 0.799. The molecule has 1 aromatic rings. The molecule has 0 saturated carbocycles. The van der Waals surface area contributed by atoms with Gasteiger partial charge in [0, 0.05) is 13.1 Å². The van der Waals surface area contributed by atoms with Crippen LogP contribution in [0.2, 0.25) is 0 Å².